The van der Waals surface area contributed by atoms with Crippen LogP contribution < -0.4 is 9.46 Å². The molecule has 0 saturated carbocycles. The van der Waals surface area contributed by atoms with E-state index in [0.29, 0.717) is 23.2 Å². The minimum atomic E-state index is -4.10. The third-order valence-electron chi connectivity index (χ3n) is 5.86. The van der Waals surface area contributed by atoms with Crippen LogP contribution in [0.3, 0.4) is 0 Å². The lowest BCUT2D eigenvalue weighted by Gasteiger charge is -2.25. The summed E-state index contributed by atoms with van der Waals surface area (Å²) in [4.78, 5) is 17.4. The number of rotatable bonds is 11. The Balaban J connectivity index is 1.75. The van der Waals surface area contributed by atoms with Gasteiger partial charge < -0.3 is 9.47 Å². The summed E-state index contributed by atoms with van der Waals surface area (Å²) in [6.45, 7) is 8.84. The largest absolute Gasteiger partial charge is 0.481 e. The fourth-order valence-corrected chi connectivity index (χ4v) is 4.92. The molecule has 0 bridgehead atoms. The fourth-order valence-electron chi connectivity index (χ4n) is 3.83. The van der Waals surface area contributed by atoms with E-state index in [1.807, 2.05) is 27.7 Å². The highest BCUT2D eigenvalue weighted by molar-refractivity contribution is 7.93. The summed E-state index contributed by atoms with van der Waals surface area (Å²) in [5, 5.41) is 11.7. The van der Waals surface area contributed by atoms with Crippen molar-refractivity contribution >= 4 is 16.0 Å². The van der Waals surface area contributed by atoms with Gasteiger partial charge in [-0.15, -0.1) is 10.2 Å². The van der Waals surface area contributed by atoms with Gasteiger partial charge in [0.2, 0.25) is 21.9 Å². The van der Waals surface area contributed by atoms with Crippen molar-refractivity contribution in [3.63, 3.8) is 0 Å². The Bertz CT molecular complexity index is 1520. The van der Waals surface area contributed by atoms with Gasteiger partial charge in [-0.25, -0.2) is 28.4 Å². The summed E-state index contributed by atoms with van der Waals surface area (Å²) in [7, 11) is -0.852. The van der Waals surface area contributed by atoms with E-state index < -0.39 is 27.4 Å². The molecule has 4 aromatic rings. The molecule has 4 aromatic heterocycles. The number of methoxy groups -OCH3 is 1. The van der Waals surface area contributed by atoms with E-state index in [-0.39, 0.29) is 17.9 Å². The van der Waals surface area contributed by atoms with Crippen LogP contribution in [0.4, 0.5) is 5.95 Å². The Morgan fingerprint density at radius 3 is 2.33 bits per heavy atom. The molecular weight excluding hydrogens is 524 g/mol. The SMILES string of the molecule is COc1cccc(-c2nnc(NS(=O)(=O)[C@@H](C)[C@@H](OC(C)C)c3ncc(C)cn3)n2[C@@H](C)c2ncn(C)n2)n1. The zero-order valence-corrected chi connectivity index (χ0v) is 23.7. The quantitative estimate of drug-likeness (QED) is 0.288. The molecule has 39 heavy (non-hydrogen) atoms. The third-order valence-corrected chi connectivity index (χ3v) is 7.55. The van der Waals surface area contributed by atoms with E-state index in [1.165, 1.54) is 14.0 Å². The van der Waals surface area contributed by atoms with Crippen molar-refractivity contribution in [1.82, 2.24) is 44.5 Å². The third kappa shape index (κ3) is 6.20. The molecule has 0 aliphatic heterocycles. The van der Waals surface area contributed by atoms with Gasteiger partial charge in [0, 0.05) is 25.5 Å². The normalized spacial score (nSPS) is 14.3. The van der Waals surface area contributed by atoms with Gasteiger partial charge in [-0.05, 0) is 46.2 Å². The summed E-state index contributed by atoms with van der Waals surface area (Å²) in [6, 6.07) is 4.62. The van der Waals surface area contributed by atoms with E-state index in [4.69, 9.17) is 9.47 Å². The molecule has 0 aliphatic carbocycles. The number of ether oxygens (including phenoxy) is 2. The van der Waals surface area contributed by atoms with Crippen LogP contribution in [0, 0.1) is 6.92 Å². The Hall–Kier alpha value is -3.98. The minimum Gasteiger partial charge on any atom is -0.481 e. The number of nitrogens with one attached hydrogen (secondary N) is 1. The monoisotopic (exact) mass is 556 g/mol. The lowest BCUT2D eigenvalue weighted by molar-refractivity contribution is 0.00152. The van der Waals surface area contributed by atoms with Crippen LogP contribution >= 0.6 is 0 Å². The molecule has 1 N–H and O–H groups in total. The molecular formula is C24H32N10O4S. The molecule has 4 heterocycles. The molecule has 0 radical (unpaired) electrons. The summed E-state index contributed by atoms with van der Waals surface area (Å²) in [5.74, 6) is 1.34. The van der Waals surface area contributed by atoms with Crippen LogP contribution in [0.15, 0.2) is 36.9 Å². The summed E-state index contributed by atoms with van der Waals surface area (Å²) in [6.07, 6.45) is 3.59. The van der Waals surface area contributed by atoms with E-state index in [0.717, 1.165) is 5.56 Å². The second-order valence-corrected chi connectivity index (χ2v) is 11.3. The minimum absolute atomic E-state index is 0.0328. The van der Waals surface area contributed by atoms with Gasteiger partial charge in [-0.1, -0.05) is 6.07 Å². The van der Waals surface area contributed by atoms with Crippen molar-refractivity contribution in [2.45, 2.75) is 58.1 Å². The van der Waals surface area contributed by atoms with Crippen molar-refractivity contribution in [2.24, 2.45) is 7.05 Å². The van der Waals surface area contributed by atoms with Gasteiger partial charge >= 0.3 is 0 Å². The first-order valence-electron chi connectivity index (χ1n) is 12.3. The maximum atomic E-state index is 13.7. The molecule has 3 atom stereocenters. The van der Waals surface area contributed by atoms with Crippen molar-refractivity contribution in [3.8, 4) is 17.4 Å². The van der Waals surface area contributed by atoms with Crippen LogP contribution in [-0.2, 0) is 21.8 Å². The van der Waals surface area contributed by atoms with Crippen LogP contribution in [-0.4, -0.2) is 71.4 Å². The molecule has 0 fully saturated rings. The van der Waals surface area contributed by atoms with Gasteiger partial charge in [0.05, 0.1) is 19.3 Å². The number of aromatic nitrogens is 9. The summed E-state index contributed by atoms with van der Waals surface area (Å²) >= 11 is 0. The van der Waals surface area contributed by atoms with Gasteiger partial charge in [0.25, 0.3) is 0 Å². The molecule has 0 spiro atoms. The second kappa shape index (κ2) is 11.4. The maximum Gasteiger partial charge on any atom is 0.240 e. The first kappa shape index (κ1) is 28.0. The molecule has 0 amide bonds. The van der Waals surface area contributed by atoms with Crippen molar-refractivity contribution in [2.75, 3.05) is 11.8 Å². The van der Waals surface area contributed by atoms with E-state index in [2.05, 4.69) is 40.0 Å². The highest BCUT2D eigenvalue weighted by atomic mass is 32.2. The molecule has 0 unspecified atom stereocenters. The highest BCUT2D eigenvalue weighted by Gasteiger charge is 2.36. The number of pyridine rings is 1. The number of anilines is 1. The number of nitrogens with zero attached hydrogens (tertiary/aromatic N) is 9. The van der Waals surface area contributed by atoms with Gasteiger partial charge in [-0.2, -0.15) is 5.10 Å². The molecule has 15 heteroatoms. The van der Waals surface area contributed by atoms with Gasteiger partial charge in [0.1, 0.15) is 23.4 Å². The zero-order chi connectivity index (χ0) is 28.3. The van der Waals surface area contributed by atoms with Gasteiger partial charge in [-0.3, -0.25) is 14.0 Å². The Labute approximate surface area is 226 Å². The average molecular weight is 557 g/mol. The molecule has 14 nitrogen and oxygen atoms in total. The smallest absolute Gasteiger partial charge is 0.240 e. The molecule has 208 valence electrons. The number of hydrogen-bond donors (Lipinski definition) is 1. The Morgan fingerprint density at radius 1 is 1.00 bits per heavy atom. The lowest BCUT2D eigenvalue weighted by atomic mass is 10.2. The van der Waals surface area contributed by atoms with Crippen LogP contribution in [0.25, 0.3) is 11.5 Å². The Kier molecular flexibility index (Phi) is 8.20. The number of sulfonamides is 1. The van der Waals surface area contributed by atoms with Crippen LogP contribution in [0.5, 0.6) is 5.88 Å². The molecule has 0 saturated heterocycles. The average Bonchev–Trinajstić information content (AvgIpc) is 3.53. The maximum absolute atomic E-state index is 13.7. The van der Waals surface area contributed by atoms with Gasteiger partial charge in [0.15, 0.2) is 17.5 Å². The predicted molar refractivity (Wildman–Crippen MR) is 142 cm³/mol. The first-order chi connectivity index (χ1) is 18.5. The van der Waals surface area contributed by atoms with Crippen molar-refractivity contribution in [3.05, 3.63) is 54.1 Å². The van der Waals surface area contributed by atoms with Crippen LogP contribution in [0.1, 0.15) is 57.1 Å². The summed E-state index contributed by atoms with van der Waals surface area (Å²) < 4.78 is 44.4. The predicted octanol–water partition coefficient (Wildman–Crippen LogP) is 2.48. The summed E-state index contributed by atoms with van der Waals surface area (Å²) in [5.41, 5.74) is 1.27. The van der Waals surface area contributed by atoms with E-state index >= 15 is 0 Å². The lowest BCUT2D eigenvalue weighted by Crippen LogP contribution is -2.35. The molecule has 4 rings (SSSR count). The molecule has 0 aromatic carbocycles. The topological polar surface area (TPSA) is 165 Å². The van der Waals surface area contributed by atoms with Crippen LogP contribution in [0.2, 0.25) is 0 Å². The zero-order valence-electron chi connectivity index (χ0n) is 22.8. The molecule has 0 aliphatic rings. The first-order valence-corrected chi connectivity index (χ1v) is 13.8. The number of hydrogen-bond acceptors (Lipinski definition) is 11. The second-order valence-electron chi connectivity index (χ2n) is 9.31. The Morgan fingerprint density at radius 2 is 1.72 bits per heavy atom. The number of aryl methyl sites for hydroxylation is 2. The highest BCUT2D eigenvalue weighted by Crippen LogP contribution is 2.30. The van der Waals surface area contributed by atoms with E-state index in [1.54, 1.807) is 53.2 Å². The van der Waals surface area contributed by atoms with Crippen molar-refractivity contribution in [1.29, 1.82) is 0 Å². The van der Waals surface area contributed by atoms with Crippen molar-refractivity contribution < 1.29 is 17.9 Å². The fraction of sp³-hybridized carbons (Fsp3) is 0.458. The standard InChI is InChI=1S/C24H32N10O4S/c1-14(2)38-20(22-25-11-15(3)12-26-22)17(5)39(35,36)32-24-30-29-23(18-9-8-10-19(28-18)37-7)34(24)16(4)21-27-13-33(6)31-21/h8-14,16-17,20H,1-7H3,(H,30,32)/t16-,17-,20+/m0/s1. The van der Waals surface area contributed by atoms with E-state index in [9.17, 15) is 8.42 Å².